The number of methoxy groups -OCH3 is 1. The smallest absolute Gasteiger partial charge is 0.119 e. The van der Waals surface area contributed by atoms with Gasteiger partial charge in [0.15, 0.2) is 0 Å². The fraction of sp³-hybridized carbons (Fsp3) is 0.286. The average molecular weight is 215 g/mol. The van der Waals surface area contributed by atoms with Crippen molar-refractivity contribution in [3.63, 3.8) is 0 Å². The standard InChI is InChI=1S/C14H17NO/c1-14(2,15)12-6-4-11-9-13(16-3)7-5-10(11)8-12/h4-9H,15H2,1-3H3. The molecule has 2 heteroatoms. The summed E-state index contributed by atoms with van der Waals surface area (Å²) in [5.74, 6) is 0.882. The molecule has 0 aliphatic rings. The molecular weight excluding hydrogens is 198 g/mol. The molecule has 0 bridgehead atoms. The summed E-state index contributed by atoms with van der Waals surface area (Å²) in [6.07, 6.45) is 0. The highest BCUT2D eigenvalue weighted by Gasteiger charge is 2.13. The van der Waals surface area contributed by atoms with Crippen molar-refractivity contribution in [3.05, 3.63) is 42.0 Å². The summed E-state index contributed by atoms with van der Waals surface area (Å²) in [7, 11) is 1.68. The number of benzene rings is 2. The lowest BCUT2D eigenvalue weighted by Gasteiger charge is -2.19. The number of nitrogens with two attached hydrogens (primary N) is 1. The van der Waals surface area contributed by atoms with Crippen molar-refractivity contribution in [3.8, 4) is 5.75 Å². The van der Waals surface area contributed by atoms with Gasteiger partial charge in [-0.25, -0.2) is 0 Å². The summed E-state index contributed by atoms with van der Waals surface area (Å²) in [5, 5.41) is 2.36. The number of rotatable bonds is 2. The minimum absolute atomic E-state index is 0.298. The van der Waals surface area contributed by atoms with Crippen molar-refractivity contribution in [2.75, 3.05) is 7.11 Å². The molecule has 0 radical (unpaired) electrons. The molecule has 0 aromatic heterocycles. The molecule has 0 saturated carbocycles. The Morgan fingerprint density at radius 3 is 2.25 bits per heavy atom. The lowest BCUT2D eigenvalue weighted by molar-refractivity contribution is 0.415. The number of ether oxygens (including phenoxy) is 1. The summed E-state index contributed by atoms with van der Waals surface area (Å²) in [4.78, 5) is 0. The van der Waals surface area contributed by atoms with E-state index in [1.165, 1.54) is 10.8 Å². The average Bonchev–Trinajstić information content (AvgIpc) is 2.26. The monoisotopic (exact) mass is 215 g/mol. The summed E-state index contributed by atoms with van der Waals surface area (Å²) >= 11 is 0. The predicted molar refractivity (Wildman–Crippen MR) is 67.7 cm³/mol. The molecule has 0 fully saturated rings. The van der Waals surface area contributed by atoms with E-state index >= 15 is 0 Å². The van der Waals surface area contributed by atoms with E-state index in [1.54, 1.807) is 7.11 Å². The van der Waals surface area contributed by atoms with Crippen molar-refractivity contribution in [2.45, 2.75) is 19.4 Å². The first-order chi connectivity index (χ1) is 7.50. The quantitative estimate of drug-likeness (QED) is 0.835. The van der Waals surface area contributed by atoms with E-state index in [4.69, 9.17) is 10.5 Å². The van der Waals surface area contributed by atoms with Gasteiger partial charge in [0.05, 0.1) is 7.11 Å². The molecule has 0 unspecified atom stereocenters. The molecule has 2 N–H and O–H groups in total. The van der Waals surface area contributed by atoms with Gasteiger partial charge < -0.3 is 10.5 Å². The number of fused-ring (bicyclic) bond motifs is 1. The second-order valence-electron chi connectivity index (χ2n) is 4.65. The Morgan fingerprint density at radius 2 is 1.62 bits per heavy atom. The van der Waals surface area contributed by atoms with Crippen LogP contribution in [-0.4, -0.2) is 7.11 Å². The summed E-state index contributed by atoms with van der Waals surface area (Å²) in [5.41, 5.74) is 6.93. The number of hydrogen-bond acceptors (Lipinski definition) is 2. The predicted octanol–water partition coefficient (Wildman–Crippen LogP) is 3.04. The molecule has 0 amide bonds. The molecule has 0 atom stereocenters. The molecule has 0 spiro atoms. The van der Waals surface area contributed by atoms with Crippen LogP contribution in [0.4, 0.5) is 0 Å². The minimum Gasteiger partial charge on any atom is -0.497 e. The molecule has 0 saturated heterocycles. The van der Waals surface area contributed by atoms with E-state index in [2.05, 4.69) is 24.3 Å². The van der Waals surface area contributed by atoms with Crippen LogP contribution in [0.5, 0.6) is 5.75 Å². The third kappa shape index (κ3) is 2.02. The van der Waals surface area contributed by atoms with Gasteiger partial charge in [0.1, 0.15) is 5.75 Å². The molecule has 0 heterocycles. The van der Waals surface area contributed by atoms with Crippen LogP contribution in [0.3, 0.4) is 0 Å². The van der Waals surface area contributed by atoms with Crippen molar-refractivity contribution in [1.82, 2.24) is 0 Å². The zero-order valence-corrected chi connectivity index (χ0v) is 9.95. The minimum atomic E-state index is -0.298. The van der Waals surface area contributed by atoms with Gasteiger partial charge in [-0.2, -0.15) is 0 Å². The molecule has 0 aliphatic carbocycles. The molecule has 84 valence electrons. The van der Waals surface area contributed by atoms with Crippen LogP contribution >= 0.6 is 0 Å². The van der Waals surface area contributed by atoms with E-state index in [9.17, 15) is 0 Å². The van der Waals surface area contributed by atoms with Gasteiger partial charge in [0.2, 0.25) is 0 Å². The second-order valence-corrected chi connectivity index (χ2v) is 4.65. The largest absolute Gasteiger partial charge is 0.497 e. The Bertz CT molecular complexity index is 512. The molecule has 2 rings (SSSR count). The molecule has 2 aromatic carbocycles. The Balaban J connectivity index is 2.56. The molecule has 2 aromatic rings. The first-order valence-electron chi connectivity index (χ1n) is 5.38. The van der Waals surface area contributed by atoms with Crippen molar-refractivity contribution < 1.29 is 4.74 Å². The van der Waals surface area contributed by atoms with Gasteiger partial charge in [0, 0.05) is 5.54 Å². The SMILES string of the molecule is COc1ccc2cc(C(C)(C)N)ccc2c1. The summed E-state index contributed by atoms with van der Waals surface area (Å²) in [6.45, 7) is 4.02. The maximum absolute atomic E-state index is 6.08. The van der Waals surface area contributed by atoms with Crippen molar-refractivity contribution in [1.29, 1.82) is 0 Å². The van der Waals surface area contributed by atoms with Crippen LogP contribution in [0.2, 0.25) is 0 Å². The highest BCUT2D eigenvalue weighted by molar-refractivity contribution is 5.84. The lowest BCUT2D eigenvalue weighted by atomic mass is 9.93. The lowest BCUT2D eigenvalue weighted by Crippen LogP contribution is -2.28. The van der Waals surface area contributed by atoms with Crippen LogP contribution in [-0.2, 0) is 5.54 Å². The summed E-state index contributed by atoms with van der Waals surface area (Å²) < 4.78 is 5.20. The molecule has 2 nitrogen and oxygen atoms in total. The van der Waals surface area contributed by atoms with Crippen LogP contribution in [0.25, 0.3) is 10.8 Å². The van der Waals surface area contributed by atoms with E-state index in [0.717, 1.165) is 11.3 Å². The molecule has 16 heavy (non-hydrogen) atoms. The van der Waals surface area contributed by atoms with Crippen molar-refractivity contribution in [2.24, 2.45) is 5.73 Å². The third-order valence-corrected chi connectivity index (χ3v) is 2.79. The highest BCUT2D eigenvalue weighted by Crippen LogP contribution is 2.25. The fourth-order valence-corrected chi connectivity index (χ4v) is 1.75. The first kappa shape index (κ1) is 11.0. The maximum atomic E-state index is 6.08. The summed E-state index contributed by atoms with van der Waals surface area (Å²) in [6, 6.07) is 12.3. The van der Waals surface area contributed by atoms with Crippen LogP contribution in [0.15, 0.2) is 36.4 Å². The number of hydrogen-bond donors (Lipinski definition) is 1. The van der Waals surface area contributed by atoms with Crippen LogP contribution in [0.1, 0.15) is 19.4 Å². The second kappa shape index (κ2) is 3.80. The highest BCUT2D eigenvalue weighted by atomic mass is 16.5. The third-order valence-electron chi connectivity index (χ3n) is 2.79. The zero-order valence-electron chi connectivity index (χ0n) is 9.95. The van der Waals surface area contributed by atoms with Crippen molar-refractivity contribution >= 4 is 10.8 Å². The van der Waals surface area contributed by atoms with Crippen LogP contribution in [0, 0.1) is 0 Å². The maximum Gasteiger partial charge on any atom is 0.119 e. The normalized spacial score (nSPS) is 11.8. The first-order valence-corrected chi connectivity index (χ1v) is 5.38. The topological polar surface area (TPSA) is 35.2 Å². The van der Waals surface area contributed by atoms with Gasteiger partial charge in [-0.05, 0) is 48.4 Å². The molecule has 0 aliphatic heterocycles. The Morgan fingerprint density at radius 1 is 1.00 bits per heavy atom. The van der Waals surface area contributed by atoms with E-state index in [0.29, 0.717) is 0 Å². The van der Waals surface area contributed by atoms with Gasteiger partial charge in [-0.1, -0.05) is 18.2 Å². The van der Waals surface area contributed by atoms with Crippen LogP contribution < -0.4 is 10.5 Å². The Kier molecular flexibility index (Phi) is 2.60. The Hall–Kier alpha value is -1.54. The van der Waals surface area contributed by atoms with E-state index < -0.39 is 0 Å². The van der Waals surface area contributed by atoms with Gasteiger partial charge in [-0.15, -0.1) is 0 Å². The van der Waals surface area contributed by atoms with Gasteiger partial charge in [-0.3, -0.25) is 0 Å². The van der Waals surface area contributed by atoms with E-state index in [-0.39, 0.29) is 5.54 Å². The van der Waals surface area contributed by atoms with E-state index in [1.807, 2.05) is 26.0 Å². The fourth-order valence-electron chi connectivity index (χ4n) is 1.75. The van der Waals surface area contributed by atoms with Gasteiger partial charge in [0.25, 0.3) is 0 Å². The Labute approximate surface area is 96.0 Å². The molecular formula is C14H17NO. The zero-order chi connectivity index (χ0) is 11.8. The van der Waals surface area contributed by atoms with Gasteiger partial charge >= 0.3 is 0 Å².